The van der Waals surface area contributed by atoms with E-state index >= 15 is 0 Å². The highest BCUT2D eigenvalue weighted by molar-refractivity contribution is 5.20. The Morgan fingerprint density at radius 3 is 2.30 bits per heavy atom. The van der Waals surface area contributed by atoms with Crippen LogP contribution in [0, 0.1) is 11.8 Å². The molecule has 0 heterocycles. The van der Waals surface area contributed by atoms with Crippen molar-refractivity contribution >= 4 is 0 Å². The number of aliphatic hydroxyl groups is 1. The first kappa shape index (κ1) is 15.5. The van der Waals surface area contributed by atoms with Gasteiger partial charge in [-0.15, -0.1) is 0 Å². The summed E-state index contributed by atoms with van der Waals surface area (Å²) < 4.78 is 0. The van der Waals surface area contributed by atoms with Gasteiger partial charge in [-0.05, 0) is 57.2 Å². The monoisotopic (exact) mass is 275 g/mol. The summed E-state index contributed by atoms with van der Waals surface area (Å²) in [5.74, 6) is 1.62. The molecule has 1 atom stereocenters. The third-order valence-corrected chi connectivity index (χ3v) is 4.81. The number of nitrogens with zero attached hydrogens (tertiary/aromatic N) is 1. The van der Waals surface area contributed by atoms with Crippen molar-refractivity contribution in [3.8, 4) is 0 Å². The van der Waals surface area contributed by atoms with Crippen molar-refractivity contribution in [1.82, 2.24) is 4.90 Å². The summed E-state index contributed by atoms with van der Waals surface area (Å²) in [7, 11) is 4.41. The van der Waals surface area contributed by atoms with E-state index in [1.165, 1.54) is 37.7 Å². The fraction of sp³-hybridized carbons (Fsp3) is 0.667. The summed E-state index contributed by atoms with van der Waals surface area (Å²) in [4.78, 5) is 2.38. The molecule has 0 spiro atoms. The molecule has 0 radical (unpaired) electrons. The molecule has 1 N–H and O–H groups in total. The summed E-state index contributed by atoms with van der Waals surface area (Å²) in [6, 6.07) is 11.5. The molecule has 1 aliphatic rings. The van der Waals surface area contributed by atoms with Crippen LogP contribution in [0.15, 0.2) is 30.3 Å². The Morgan fingerprint density at radius 2 is 1.75 bits per heavy atom. The first-order valence-corrected chi connectivity index (χ1v) is 8.04. The second-order valence-electron chi connectivity index (χ2n) is 6.47. The van der Waals surface area contributed by atoms with Gasteiger partial charge in [0.2, 0.25) is 0 Å². The van der Waals surface area contributed by atoms with Crippen molar-refractivity contribution in [2.24, 2.45) is 11.8 Å². The van der Waals surface area contributed by atoms with E-state index in [4.69, 9.17) is 5.11 Å². The lowest BCUT2D eigenvalue weighted by Gasteiger charge is -2.37. The van der Waals surface area contributed by atoms with E-state index in [9.17, 15) is 0 Å². The molecular weight excluding hydrogens is 246 g/mol. The van der Waals surface area contributed by atoms with Crippen molar-refractivity contribution in [1.29, 1.82) is 0 Å². The third-order valence-electron chi connectivity index (χ3n) is 4.81. The summed E-state index contributed by atoms with van der Waals surface area (Å²) in [5.41, 5.74) is 1.45. The molecule has 0 aromatic heterocycles. The Hall–Kier alpha value is -0.860. The highest BCUT2D eigenvalue weighted by atomic mass is 16.2. The molecule has 0 aliphatic heterocycles. The average molecular weight is 275 g/mol. The zero-order valence-corrected chi connectivity index (χ0v) is 13.0. The quantitative estimate of drug-likeness (QED) is 0.852. The van der Waals surface area contributed by atoms with Crippen LogP contribution in [0.3, 0.4) is 0 Å². The van der Waals surface area contributed by atoms with Gasteiger partial charge in [0.1, 0.15) is 0 Å². The molecule has 1 saturated carbocycles. The predicted octanol–water partition coefficient (Wildman–Crippen LogP) is 3.87. The van der Waals surface area contributed by atoms with Crippen LogP contribution in [0.4, 0.5) is 0 Å². The Labute approximate surface area is 123 Å². The van der Waals surface area contributed by atoms with Crippen LogP contribution >= 0.6 is 0 Å². The molecule has 2 rings (SSSR count). The maximum atomic E-state index is 8.95. The first-order valence-electron chi connectivity index (χ1n) is 8.04. The molecule has 2 nitrogen and oxygen atoms in total. The second-order valence-corrected chi connectivity index (χ2v) is 6.47. The lowest BCUT2D eigenvalue weighted by Crippen LogP contribution is -2.30. The molecule has 1 aromatic rings. The predicted molar refractivity (Wildman–Crippen MR) is 84.6 cm³/mol. The van der Waals surface area contributed by atoms with Crippen molar-refractivity contribution in [3.05, 3.63) is 35.9 Å². The average Bonchev–Trinajstić information content (AvgIpc) is 2.47. The SMILES string of the molecule is CN(C)C(c1ccccc1)C1CCC(CCCO)CC1. The van der Waals surface area contributed by atoms with Crippen LogP contribution in [0.25, 0.3) is 0 Å². The fourth-order valence-corrected chi connectivity index (χ4v) is 3.81. The van der Waals surface area contributed by atoms with E-state index in [-0.39, 0.29) is 0 Å². The maximum Gasteiger partial charge on any atom is 0.0431 e. The van der Waals surface area contributed by atoms with Gasteiger partial charge >= 0.3 is 0 Å². The zero-order valence-electron chi connectivity index (χ0n) is 13.0. The maximum absolute atomic E-state index is 8.95. The number of hydrogen-bond acceptors (Lipinski definition) is 2. The molecule has 2 heteroatoms. The van der Waals surface area contributed by atoms with Gasteiger partial charge in [0.05, 0.1) is 0 Å². The van der Waals surface area contributed by atoms with Gasteiger partial charge in [0.25, 0.3) is 0 Å². The summed E-state index contributed by atoms with van der Waals surface area (Å²) in [6.45, 7) is 0.351. The minimum atomic E-state index is 0.351. The van der Waals surface area contributed by atoms with Crippen LogP contribution in [0.2, 0.25) is 0 Å². The Bertz CT molecular complexity index is 368. The number of rotatable bonds is 6. The van der Waals surface area contributed by atoms with Gasteiger partial charge in [0, 0.05) is 12.6 Å². The van der Waals surface area contributed by atoms with Crippen LogP contribution in [-0.2, 0) is 0 Å². The normalized spacial score (nSPS) is 24.8. The summed E-state index contributed by atoms with van der Waals surface area (Å²) in [5, 5.41) is 8.95. The number of benzene rings is 1. The molecule has 1 aliphatic carbocycles. The first-order chi connectivity index (χ1) is 9.72. The van der Waals surface area contributed by atoms with E-state index in [2.05, 4.69) is 49.3 Å². The smallest absolute Gasteiger partial charge is 0.0431 e. The highest BCUT2D eigenvalue weighted by Crippen LogP contribution is 2.40. The van der Waals surface area contributed by atoms with Crippen LogP contribution in [-0.4, -0.2) is 30.7 Å². The van der Waals surface area contributed by atoms with Crippen molar-refractivity contribution in [2.45, 2.75) is 44.6 Å². The van der Waals surface area contributed by atoms with Gasteiger partial charge < -0.3 is 10.0 Å². The van der Waals surface area contributed by atoms with Gasteiger partial charge in [-0.2, -0.15) is 0 Å². The van der Waals surface area contributed by atoms with E-state index in [1.54, 1.807) is 0 Å². The molecular formula is C18H29NO. The van der Waals surface area contributed by atoms with Crippen molar-refractivity contribution < 1.29 is 5.11 Å². The lowest BCUT2D eigenvalue weighted by atomic mass is 9.75. The zero-order chi connectivity index (χ0) is 14.4. The minimum absolute atomic E-state index is 0.351. The highest BCUT2D eigenvalue weighted by Gasteiger charge is 2.29. The molecule has 20 heavy (non-hydrogen) atoms. The standard InChI is InChI=1S/C18H29NO/c1-19(2)18(16-8-4-3-5-9-16)17-12-10-15(11-13-17)7-6-14-20/h3-5,8-9,15,17-18,20H,6-7,10-14H2,1-2H3. The summed E-state index contributed by atoms with van der Waals surface area (Å²) in [6.07, 6.45) is 7.51. The van der Waals surface area contributed by atoms with Crippen LogP contribution in [0.1, 0.15) is 50.1 Å². The summed E-state index contributed by atoms with van der Waals surface area (Å²) >= 11 is 0. The Balaban J connectivity index is 1.96. The second kappa shape index (κ2) is 7.80. The molecule has 1 aromatic carbocycles. The molecule has 0 saturated heterocycles. The Kier molecular flexibility index (Phi) is 6.06. The molecule has 1 fully saturated rings. The fourth-order valence-electron chi connectivity index (χ4n) is 3.81. The largest absolute Gasteiger partial charge is 0.396 e. The Morgan fingerprint density at radius 1 is 1.10 bits per heavy atom. The van der Waals surface area contributed by atoms with Gasteiger partial charge in [-0.25, -0.2) is 0 Å². The lowest BCUT2D eigenvalue weighted by molar-refractivity contribution is 0.142. The number of hydrogen-bond donors (Lipinski definition) is 1. The minimum Gasteiger partial charge on any atom is -0.396 e. The number of aliphatic hydroxyl groups excluding tert-OH is 1. The topological polar surface area (TPSA) is 23.5 Å². The van der Waals surface area contributed by atoms with Gasteiger partial charge in [0.15, 0.2) is 0 Å². The van der Waals surface area contributed by atoms with Crippen LogP contribution in [0.5, 0.6) is 0 Å². The third kappa shape index (κ3) is 4.07. The van der Waals surface area contributed by atoms with Crippen LogP contribution < -0.4 is 0 Å². The van der Waals surface area contributed by atoms with Gasteiger partial charge in [-0.1, -0.05) is 43.2 Å². The van der Waals surface area contributed by atoms with E-state index in [0.29, 0.717) is 12.6 Å². The van der Waals surface area contributed by atoms with E-state index < -0.39 is 0 Å². The molecule has 1 unspecified atom stereocenters. The molecule has 0 bridgehead atoms. The van der Waals surface area contributed by atoms with Crippen molar-refractivity contribution in [2.75, 3.05) is 20.7 Å². The van der Waals surface area contributed by atoms with Crippen molar-refractivity contribution in [3.63, 3.8) is 0 Å². The molecule has 112 valence electrons. The van der Waals surface area contributed by atoms with E-state index in [0.717, 1.165) is 18.3 Å². The van der Waals surface area contributed by atoms with E-state index in [1.807, 2.05) is 0 Å². The molecule has 0 amide bonds. The van der Waals surface area contributed by atoms with Gasteiger partial charge in [-0.3, -0.25) is 0 Å².